The lowest BCUT2D eigenvalue weighted by Crippen LogP contribution is -1.95. The van der Waals surface area contributed by atoms with Crippen LogP contribution >= 0.6 is 0 Å². The van der Waals surface area contributed by atoms with Crippen LogP contribution in [0, 0.1) is 0 Å². The SMILES string of the molecule is C(=C\c1ccc(-c2c3ccccc3c(-c3ccc(/C=C/c4ccccc4)c4ccccc34)c3c(-c4ccc5ccccc5c4)cccc23)c2ccccc12)/c1ccccc1. The monoisotopic (exact) mass is 760 g/mol. The topological polar surface area (TPSA) is 0 Å². The maximum absolute atomic E-state index is 2.36. The predicted octanol–water partition coefficient (Wildman–Crippen LogP) is 16.8. The van der Waals surface area contributed by atoms with Gasteiger partial charge in [-0.1, -0.05) is 237 Å². The quantitative estimate of drug-likeness (QED) is 0.112. The van der Waals surface area contributed by atoms with Crippen LogP contribution in [0.3, 0.4) is 0 Å². The Morgan fingerprint density at radius 1 is 0.250 bits per heavy atom. The van der Waals surface area contributed by atoms with Crippen LogP contribution in [0.1, 0.15) is 22.3 Å². The third kappa shape index (κ3) is 6.27. The Labute approximate surface area is 350 Å². The summed E-state index contributed by atoms with van der Waals surface area (Å²) in [4.78, 5) is 0. The molecule has 0 heterocycles. The fraction of sp³-hybridized carbons (Fsp3) is 0. The molecule has 0 nitrogen and oxygen atoms in total. The van der Waals surface area contributed by atoms with E-state index >= 15 is 0 Å². The van der Waals surface area contributed by atoms with Crippen molar-refractivity contribution in [2.45, 2.75) is 0 Å². The number of hydrogen-bond acceptors (Lipinski definition) is 0. The first-order valence-corrected chi connectivity index (χ1v) is 20.8. The molecule has 11 rings (SSSR count). The standard InChI is InChI=1S/C60H40/c1-3-16-41(17-4-1)30-32-44-36-38-55(51-24-11-9-22-48(44)51)58-53-26-13-14-27-54(53)60(59-50(28-15-29-57(58)59)47-35-34-43-20-7-8-21-46(43)40-47)56-39-37-45(49-23-10-12-25-52(49)56)33-31-42-18-5-2-6-19-42/h1-40H/b32-30+,33-31+. The smallest absolute Gasteiger partial charge is 0.00139 e. The molecule has 0 heteroatoms. The third-order valence-corrected chi connectivity index (χ3v) is 12.1. The second-order valence-electron chi connectivity index (χ2n) is 15.6. The molecule has 0 fully saturated rings. The molecule has 0 atom stereocenters. The van der Waals surface area contributed by atoms with E-state index in [9.17, 15) is 0 Å². The van der Waals surface area contributed by atoms with E-state index in [4.69, 9.17) is 0 Å². The summed E-state index contributed by atoms with van der Waals surface area (Å²) in [5.41, 5.74) is 12.2. The molecule has 60 heavy (non-hydrogen) atoms. The number of fused-ring (bicyclic) bond motifs is 5. The van der Waals surface area contributed by atoms with E-state index in [2.05, 4.69) is 243 Å². The lowest BCUT2D eigenvalue weighted by molar-refractivity contribution is 1.65. The number of benzene rings is 11. The fourth-order valence-corrected chi connectivity index (χ4v) is 9.27. The summed E-state index contributed by atoms with van der Waals surface area (Å²) in [6, 6.07) is 79.8. The molecule has 0 aromatic heterocycles. The molecule has 0 aliphatic carbocycles. The van der Waals surface area contributed by atoms with Gasteiger partial charge in [0.15, 0.2) is 0 Å². The highest BCUT2D eigenvalue weighted by Gasteiger charge is 2.22. The minimum absolute atomic E-state index is 1.19. The predicted molar refractivity (Wildman–Crippen MR) is 261 cm³/mol. The Kier molecular flexibility index (Phi) is 8.95. The second-order valence-corrected chi connectivity index (χ2v) is 15.6. The maximum atomic E-state index is 2.36. The summed E-state index contributed by atoms with van der Waals surface area (Å²) in [7, 11) is 0. The molecule has 0 aliphatic rings. The lowest BCUT2D eigenvalue weighted by atomic mass is 9.80. The van der Waals surface area contributed by atoms with Gasteiger partial charge in [-0.05, 0) is 116 Å². The van der Waals surface area contributed by atoms with Crippen LogP contribution < -0.4 is 0 Å². The van der Waals surface area contributed by atoms with E-state index in [1.165, 1.54) is 109 Å². The summed E-state index contributed by atoms with van der Waals surface area (Å²) in [6.07, 6.45) is 8.93. The van der Waals surface area contributed by atoms with Crippen LogP contribution in [-0.2, 0) is 0 Å². The normalized spacial score (nSPS) is 11.9. The van der Waals surface area contributed by atoms with Gasteiger partial charge < -0.3 is 0 Å². The summed E-state index contributed by atoms with van der Waals surface area (Å²) in [6.45, 7) is 0. The minimum atomic E-state index is 1.19. The van der Waals surface area contributed by atoms with Crippen molar-refractivity contribution in [3.8, 4) is 33.4 Å². The largest absolute Gasteiger partial charge is 0.0622 e. The Morgan fingerprint density at radius 2 is 0.717 bits per heavy atom. The number of rotatable bonds is 7. The van der Waals surface area contributed by atoms with Gasteiger partial charge in [-0.25, -0.2) is 0 Å². The van der Waals surface area contributed by atoms with Gasteiger partial charge in [0, 0.05) is 0 Å². The first-order chi connectivity index (χ1) is 29.8. The first kappa shape index (κ1) is 35.4. The molecule has 11 aromatic rings. The summed E-state index contributed by atoms with van der Waals surface area (Å²) in [5, 5.41) is 12.4. The molecule has 0 saturated carbocycles. The molecular weight excluding hydrogens is 721 g/mol. The molecule has 280 valence electrons. The van der Waals surface area contributed by atoms with Gasteiger partial charge >= 0.3 is 0 Å². The Morgan fingerprint density at radius 3 is 1.32 bits per heavy atom. The summed E-state index contributed by atoms with van der Waals surface area (Å²) < 4.78 is 0. The van der Waals surface area contributed by atoms with Crippen LogP contribution in [0.5, 0.6) is 0 Å². The molecule has 0 unspecified atom stereocenters. The molecule has 0 aliphatic heterocycles. The molecular formula is C60H40. The van der Waals surface area contributed by atoms with Gasteiger partial charge in [0.2, 0.25) is 0 Å². The van der Waals surface area contributed by atoms with Crippen molar-refractivity contribution in [3.05, 3.63) is 241 Å². The average Bonchev–Trinajstić information content (AvgIpc) is 3.32. The summed E-state index contributed by atoms with van der Waals surface area (Å²) in [5.74, 6) is 0. The van der Waals surface area contributed by atoms with Crippen LogP contribution in [0.2, 0.25) is 0 Å². The zero-order valence-electron chi connectivity index (χ0n) is 33.1. The Balaban J connectivity index is 1.22. The van der Waals surface area contributed by atoms with Gasteiger partial charge in [0.25, 0.3) is 0 Å². The molecule has 0 bridgehead atoms. The molecule has 0 radical (unpaired) electrons. The van der Waals surface area contributed by atoms with Crippen molar-refractivity contribution in [3.63, 3.8) is 0 Å². The van der Waals surface area contributed by atoms with E-state index in [1.807, 2.05) is 0 Å². The van der Waals surface area contributed by atoms with Gasteiger partial charge in [-0.3, -0.25) is 0 Å². The summed E-state index contributed by atoms with van der Waals surface area (Å²) >= 11 is 0. The Bertz CT molecular complexity index is 3460. The average molecular weight is 761 g/mol. The van der Waals surface area contributed by atoms with Crippen molar-refractivity contribution < 1.29 is 0 Å². The third-order valence-electron chi connectivity index (χ3n) is 12.1. The van der Waals surface area contributed by atoms with Gasteiger partial charge in [0.05, 0.1) is 0 Å². The molecule has 0 saturated heterocycles. The van der Waals surface area contributed by atoms with Gasteiger partial charge in [-0.2, -0.15) is 0 Å². The molecule has 0 N–H and O–H groups in total. The molecule has 0 amide bonds. The van der Waals surface area contributed by atoms with E-state index in [-0.39, 0.29) is 0 Å². The van der Waals surface area contributed by atoms with Gasteiger partial charge in [-0.15, -0.1) is 0 Å². The van der Waals surface area contributed by atoms with Crippen LogP contribution in [-0.4, -0.2) is 0 Å². The van der Waals surface area contributed by atoms with Crippen molar-refractivity contribution in [1.29, 1.82) is 0 Å². The van der Waals surface area contributed by atoms with E-state index in [0.29, 0.717) is 0 Å². The highest BCUT2D eigenvalue weighted by atomic mass is 14.2. The van der Waals surface area contributed by atoms with Crippen molar-refractivity contribution >= 4 is 78.2 Å². The van der Waals surface area contributed by atoms with Crippen LogP contribution in [0.15, 0.2) is 218 Å². The van der Waals surface area contributed by atoms with E-state index in [0.717, 1.165) is 0 Å². The van der Waals surface area contributed by atoms with Crippen molar-refractivity contribution in [2.75, 3.05) is 0 Å². The fourth-order valence-electron chi connectivity index (χ4n) is 9.27. The van der Waals surface area contributed by atoms with E-state index < -0.39 is 0 Å². The first-order valence-electron chi connectivity index (χ1n) is 20.8. The second kappa shape index (κ2) is 15.2. The maximum Gasteiger partial charge on any atom is -0.00139 e. The van der Waals surface area contributed by atoms with Crippen molar-refractivity contribution in [1.82, 2.24) is 0 Å². The van der Waals surface area contributed by atoms with Gasteiger partial charge in [0.1, 0.15) is 0 Å². The van der Waals surface area contributed by atoms with Crippen LogP contribution in [0.25, 0.3) is 112 Å². The highest BCUT2D eigenvalue weighted by Crippen LogP contribution is 2.50. The lowest BCUT2D eigenvalue weighted by Gasteiger charge is -2.22. The van der Waals surface area contributed by atoms with Crippen molar-refractivity contribution in [2.24, 2.45) is 0 Å². The Hall–Kier alpha value is -7.80. The number of hydrogen-bond donors (Lipinski definition) is 0. The zero-order valence-corrected chi connectivity index (χ0v) is 33.1. The highest BCUT2D eigenvalue weighted by molar-refractivity contribution is 6.28. The zero-order chi connectivity index (χ0) is 39.8. The van der Waals surface area contributed by atoms with E-state index in [1.54, 1.807) is 0 Å². The van der Waals surface area contributed by atoms with Crippen LogP contribution in [0.4, 0.5) is 0 Å². The minimum Gasteiger partial charge on any atom is -0.0622 e. The molecule has 0 spiro atoms. The molecule has 11 aromatic carbocycles.